The molecule has 0 radical (unpaired) electrons. The van der Waals surface area contributed by atoms with Crippen LogP contribution in [0, 0.1) is 6.92 Å². The van der Waals surface area contributed by atoms with Crippen LogP contribution in [0.3, 0.4) is 0 Å². The lowest BCUT2D eigenvalue weighted by Gasteiger charge is -2.14. The number of hydrogen-bond donors (Lipinski definition) is 2. The summed E-state index contributed by atoms with van der Waals surface area (Å²) in [5.74, 6) is -0.0921. The first-order valence-corrected chi connectivity index (χ1v) is 8.14. The van der Waals surface area contributed by atoms with Crippen molar-refractivity contribution >= 4 is 24.0 Å². The third kappa shape index (κ3) is 7.78. The van der Waals surface area contributed by atoms with Crippen LogP contribution < -0.4 is 15.8 Å². The van der Waals surface area contributed by atoms with Gasteiger partial charge in [0.15, 0.2) is 6.61 Å². The fourth-order valence-electron chi connectivity index (χ4n) is 2.39. The lowest BCUT2D eigenvalue weighted by atomic mass is 10.1. The summed E-state index contributed by atoms with van der Waals surface area (Å²) in [5.41, 5.74) is 8.61. The number of para-hydroxylation sites is 1. The number of nitrogens with one attached hydrogen (secondary N) is 1. The third-order valence-electron chi connectivity index (χ3n) is 3.77. The summed E-state index contributed by atoms with van der Waals surface area (Å²) < 4.78 is 42.0. The van der Waals surface area contributed by atoms with Crippen molar-refractivity contribution in [3.05, 3.63) is 59.2 Å². The van der Waals surface area contributed by atoms with Crippen molar-refractivity contribution in [1.82, 2.24) is 5.32 Å². The number of anilines is 1. The maximum absolute atomic E-state index is 12.4. The van der Waals surface area contributed by atoms with Gasteiger partial charge in [0.25, 0.3) is 0 Å². The molecule has 0 bridgehead atoms. The highest BCUT2D eigenvalue weighted by molar-refractivity contribution is 5.85. The average Bonchev–Trinajstić information content (AvgIpc) is 2.57. The van der Waals surface area contributed by atoms with Gasteiger partial charge in [-0.25, -0.2) is 0 Å². The van der Waals surface area contributed by atoms with Crippen LogP contribution in [-0.4, -0.2) is 18.7 Å². The Balaban J connectivity index is 0.00000364. The molecule has 1 amide bonds. The number of halogens is 4. The fourth-order valence-corrected chi connectivity index (χ4v) is 2.39. The molecule has 27 heavy (non-hydrogen) atoms. The van der Waals surface area contributed by atoms with Gasteiger partial charge in [-0.1, -0.05) is 30.3 Å². The molecule has 2 aromatic carbocycles. The van der Waals surface area contributed by atoms with Crippen molar-refractivity contribution in [2.45, 2.75) is 32.5 Å². The molecule has 0 saturated heterocycles. The molecule has 4 nitrogen and oxygen atoms in total. The van der Waals surface area contributed by atoms with Crippen LogP contribution in [0.15, 0.2) is 42.5 Å². The van der Waals surface area contributed by atoms with Gasteiger partial charge in [-0.3, -0.25) is 4.79 Å². The molecule has 0 aliphatic heterocycles. The van der Waals surface area contributed by atoms with E-state index >= 15 is 0 Å². The van der Waals surface area contributed by atoms with E-state index in [0.29, 0.717) is 17.7 Å². The van der Waals surface area contributed by atoms with Crippen molar-refractivity contribution in [3.63, 3.8) is 0 Å². The smallest absolute Gasteiger partial charge is 0.422 e. The maximum atomic E-state index is 12.4. The average molecular weight is 403 g/mol. The van der Waals surface area contributed by atoms with Crippen molar-refractivity contribution in [2.75, 3.05) is 12.3 Å². The monoisotopic (exact) mass is 402 g/mol. The van der Waals surface area contributed by atoms with Gasteiger partial charge in [0.1, 0.15) is 5.75 Å². The predicted molar refractivity (Wildman–Crippen MR) is 101 cm³/mol. The fraction of sp³-hybridized carbons (Fsp3) is 0.316. The zero-order valence-electron chi connectivity index (χ0n) is 14.8. The van der Waals surface area contributed by atoms with Crippen molar-refractivity contribution in [1.29, 1.82) is 0 Å². The molecule has 0 saturated carbocycles. The number of nitrogen functional groups attached to an aromatic ring is 1. The van der Waals surface area contributed by atoms with Crippen LogP contribution in [0.2, 0.25) is 0 Å². The van der Waals surface area contributed by atoms with Crippen molar-refractivity contribution in [3.8, 4) is 5.75 Å². The zero-order chi connectivity index (χ0) is 19.2. The molecule has 0 atom stereocenters. The number of alkyl halides is 3. The summed E-state index contributed by atoms with van der Waals surface area (Å²) in [7, 11) is 0. The van der Waals surface area contributed by atoms with E-state index < -0.39 is 12.8 Å². The number of hydrogen-bond acceptors (Lipinski definition) is 3. The van der Waals surface area contributed by atoms with E-state index in [1.54, 1.807) is 25.1 Å². The second kappa shape index (κ2) is 10.1. The Kier molecular flexibility index (Phi) is 8.43. The molecule has 0 fully saturated rings. The molecule has 0 unspecified atom stereocenters. The van der Waals surface area contributed by atoms with E-state index in [1.165, 1.54) is 6.07 Å². The van der Waals surface area contributed by atoms with E-state index in [9.17, 15) is 18.0 Å². The first kappa shape index (κ1) is 22.6. The molecule has 0 heterocycles. The molecule has 0 aromatic heterocycles. The Labute approximate surface area is 162 Å². The minimum atomic E-state index is -4.42. The van der Waals surface area contributed by atoms with Crippen LogP contribution in [0.5, 0.6) is 5.75 Å². The van der Waals surface area contributed by atoms with Gasteiger partial charge < -0.3 is 15.8 Å². The molecule has 0 aliphatic carbocycles. The van der Waals surface area contributed by atoms with E-state index in [2.05, 4.69) is 5.32 Å². The van der Waals surface area contributed by atoms with Crippen LogP contribution in [0.4, 0.5) is 18.9 Å². The number of rotatable bonds is 7. The molecular formula is C19H22ClF3N2O2. The van der Waals surface area contributed by atoms with Gasteiger partial charge in [-0.2, -0.15) is 13.2 Å². The summed E-state index contributed by atoms with van der Waals surface area (Å²) in [5, 5.41) is 2.70. The van der Waals surface area contributed by atoms with Crippen molar-refractivity contribution in [2.24, 2.45) is 0 Å². The van der Waals surface area contributed by atoms with Crippen LogP contribution in [0.1, 0.15) is 23.1 Å². The van der Waals surface area contributed by atoms with E-state index in [-0.39, 0.29) is 37.0 Å². The summed E-state index contributed by atoms with van der Waals surface area (Å²) in [6.45, 7) is 0.480. The zero-order valence-corrected chi connectivity index (χ0v) is 15.6. The van der Waals surface area contributed by atoms with E-state index in [1.807, 2.05) is 18.2 Å². The second-order valence-corrected chi connectivity index (χ2v) is 5.99. The highest BCUT2D eigenvalue weighted by Crippen LogP contribution is 2.23. The number of carbonyl (C=O) groups excluding carboxylic acids is 1. The number of carbonyl (C=O) groups is 1. The highest BCUT2D eigenvalue weighted by atomic mass is 35.5. The Bertz CT molecular complexity index is 767. The quantitative estimate of drug-likeness (QED) is 0.682. The number of ether oxygens (including phenoxy) is 1. The van der Waals surface area contributed by atoms with E-state index in [4.69, 9.17) is 10.5 Å². The van der Waals surface area contributed by atoms with Crippen molar-refractivity contribution < 1.29 is 22.7 Å². The number of benzene rings is 2. The maximum Gasteiger partial charge on any atom is 0.422 e. The van der Waals surface area contributed by atoms with Gasteiger partial charge >= 0.3 is 6.18 Å². The minimum Gasteiger partial charge on any atom is -0.484 e. The molecule has 148 valence electrons. The van der Waals surface area contributed by atoms with Gasteiger partial charge in [-0.15, -0.1) is 12.4 Å². The second-order valence-electron chi connectivity index (χ2n) is 5.99. The molecule has 8 heteroatoms. The number of nitrogens with two attached hydrogens (primary N) is 1. The first-order chi connectivity index (χ1) is 12.2. The molecule has 3 N–H and O–H groups in total. The summed E-state index contributed by atoms with van der Waals surface area (Å²) in [4.78, 5) is 12.0. The summed E-state index contributed by atoms with van der Waals surface area (Å²) in [6.07, 6.45) is -3.69. The summed E-state index contributed by atoms with van der Waals surface area (Å²) >= 11 is 0. The molecule has 2 rings (SSSR count). The van der Waals surface area contributed by atoms with Gasteiger partial charge in [0.05, 0.1) is 0 Å². The molecule has 0 spiro atoms. The SMILES string of the molecule is Cc1ccc(CNC(=O)CCc2ccccc2N)c(OCC(F)(F)F)c1.Cl. The number of aryl methyl sites for hydroxylation is 2. The molecule has 2 aromatic rings. The lowest BCUT2D eigenvalue weighted by Crippen LogP contribution is -2.24. The van der Waals surface area contributed by atoms with Gasteiger partial charge in [0, 0.05) is 24.2 Å². The van der Waals surface area contributed by atoms with Gasteiger partial charge in [0.2, 0.25) is 5.91 Å². The Morgan fingerprint density at radius 2 is 1.85 bits per heavy atom. The first-order valence-electron chi connectivity index (χ1n) is 8.14. The minimum absolute atomic E-state index is 0. The normalized spacial score (nSPS) is 10.8. The topological polar surface area (TPSA) is 64.4 Å². The number of amides is 1. The van der Waals surface area contributed by atoms with E-state index in [0.717, 1.165) is 11.1 Å². The Morgan fingerprint density at radius 3 is 2.52 bits per heavy atom. The standard InChI is InChI=1S/C19H21F3N2O2.ClH/c1-13-6-7-15(17(10-13)26-12-19(20,21)22)11-24-18(25)9-8-14-4-2-3-5-16(14)23;/h2-7,10H,8-9,11-12,23H2,1H3,(H,24,25);1H. The molecular weight excluding hydrogens is 381 g/mol. The Hall–Kier alpha value is -2.41. The lowest BCUT2D eigenvalue weighted by molar-refractivity contribution is -0.153. The van der Waals surface area contributed by atoms with Crippen LogP contribution in [0.25, 0.3) is 0 Å². The van der Waals surface area contributed by atoms with Gasteiger partial charge in [-0.05, 0) is 36.6 Å². The summed E-state index contributed by atoms with van der Waals surface area (Å²) in [6, 6.07) is 12.2. The van der Waals surface area contributed by atoms with Crippen LogP contribution in [-0.2, 0) is 17.8 Å². The third-order valence-corrected chi connectivity index (χ3v) is 3.77. The van der Waals surface area contributed by atoms with Crippen LogP contribution >= 0.6 is 12.4 Å². The molecule has 0 aliphatic rings. The largest absolute Gasteiger partial charge is 0.484 e. The highest BCUT2D eigenvalue weighted by Gasteiger charge is 2.28. The predicted octanol–water partition coefficient (Wildman–Crippen LogP) is 4.19. The Morgan fingerprint density at radius 1 is 1.15 bits per heavy atom.